The molecule has 1 aromatic carbocycles. The lowest BCUT2D eigenvalue weighted by atomic mass is 10.2. The van der Waals surface area contributed by atoms with Crippen LogP contribution >= 0.6 is 43.5 Å². The van der Waals surface area contributed by atoms with Crippen LogP contribution in [0.5, 0.6) is 0 Å². The Hall–Kier alpha value is -0.520. The molecule has 1 aromatic heterocycles. The van der Waals surface area contributed by atoms with Gasteiger partial charge in [0, 0.05) is 10.0 Å². The average molecular weight is 352 g/mol. The van der Waals surface area contributed by atoms with Gasteiger partial charge in [0.2, 0.25) is 0 Å². The van der Waals surface area contributed by atoms with E-state index in [9.17, 15) is 0 Å². The van der Waals surface area contributed by atoms with Gasteiger partial charge in [-0.3, -0.25) is 0 Å². The molecule has 0 bridgehead atoms. The van der Waals surface area contributed by atoms with E-state index in [2.05, 4.69) is 37.0 Å². The van der Waals surface area contributed by atoms with E-state index in [0.29, 0.717) is 21.1 Å². The maximum absolute atomic E-state index is 6.04. The highest BCUT2D eigenvalue weighted by atomic mass is 79.9. The molecule has 0 spiro atoms. The lowest BCUT2D eigenvalue weighted by Crippen LogP contribution is -1.83. The minimum absolute atomic E-state index is 0.307. The smallest absolute Gasteiger partial charge is 0.184 e. The number of hydrogen-bond donors (Lipinski definition) is 1. The van der Waals surface area contributed by atoms with Gasteiger partial charge in [0.15, 0.2) is 11.6 Å². The molecule has 2 aromatic rings. The van der Waals surface area contributed by atoms with Crippen LogP contribution in [0.4, 0.5) is 5.82 Å². The van der Waals surface area contributed by atoms with E-state index in [-0.39, 0.29) is 0 Å². The third kappa shape index (κ3) is 2.04. The molecular weight excluding hydrogens is 347 g/mol. The fourth-order valence-corrected chi connectivity index (χ4v) is 2.05. The van der Waals surface area contributed by atoms with Gasteiger partial charge in [-0.2, -0.15) is 0 Å². The summed E-state index contributed by atoms with van der Waals surface area (Å²) in [6.45, 7) is 0. The second-order valence-electron chi connectivity index (χ2n) is 2.84. The number of hydrogen-bond acceptors (Lipinski definition) is 3. The predicted molar refractivity (Wildman–Crippen MR) is 66.8 cm³/mol. The number of aromatic nitrogens is 1. The molecule has 2 rings (SSSR count). The van der Waals surface area contributed by atoms with E-state index in [1.807, 2.05) is 12.1 Å². The van der Waals surface area contributed by atoms with E-state index in [1.54, 1.807) is 6.07 Å². The van der Waals surface area contributed by atoms with Gasteiger partial charge in [0.25, 0.3) is 0 Å². The molecule has 0 radical (unpaired) electrons. The molecular formula is C9H5Br2ClN2O. The van der Waals surface area contributed by atoms with Gasteiger partial charge in [-0.05, 0) is 34.1 Å². The van der Waals surface area contributed by atoms with Crippen molar-refractivity contribution in [2.45, 2.75) is 0 Å². The fraction of sp³-hybridized carbons (Fsp3) is 0. The van der Waals surface area contributed by atoms with Crippen molar-refractivity contribution in [3.05, 3.63) is 32.2 Å². The highest BCUT2D eigenvalue weighted by Gasteiger charge is 2.16. The summed E-state index contributed by atoms with van der Waals surface area (Å²) in [5, 5.41) is 4.22. The summed E-state index contributed by atoms with van der Waals surface area (Å²) < 4.78 is 6.61. The second-order valence-corrected chi connectivity index (χ2v) is 4.95. The zero-order valence-electron chi connectivity index (χ0n) is 7.30. The molecule has 6 heteroatoms. The summed E-state index contributed by atoms with van der Waals surface area (Å²) in [4.78, 5) is 0. The molecule has 0 unspecified atom stereocenters. The molecule has 1 heterocycles. The SMILES string of the molecule is Nc1noc(-c2cc(Br)ccc2Cl)c1Br. The Morgan fingerprint density at radius 1 is 1.33 bits per heavy atom. The molecule has 0 aliphatic heterocycles. The van der Waals surface area contributed by atoms with Gasteiger partial charge in [-0.1, -0.05) is 32.7 Å². The van der Waals surface area contributed by atoms with Crippen LogP contribution < -0.4 is 5.73 Å². The van der Waals surface area contributed by atoms with Gasteiger partial charge in [-0.15, -0.1) is 0 Å². The maximum atomic E-state index is 6.04. The number of anilines is 1. The van der Waals surface area contributed by atoms with Crippen molar-refractivity contribution >= 4 is 49.3 Å². The lowest BCUT2D eigenvalue weighted by Gasteiger charge is -2.00. The van der Waals surface area contributed by atoms with Gasteiger partial charge in [0.05, 0.1) is 5.02 Å². The van der Waals surface area contributed by atoms with Gasteiger partial charge < -0.3 is 10.3 Å². The molecule has 2 N–H and O–H groups in total. The number of rotatable bonds is 1. The number of nitrogens with zero attached hydrogens (tertiary/aromatic N) is 1. The highest BCUT2D eigenvalue weighted by Crippen LogP contribution is 2.37. The molecule has 0 saturated carbocycles. The van der Waals surface area contributed by atoms with Gasteiger partial charge in [-0.25, -0.2) is 0 Å². The van der Waals surface area contributed by atoms with Crippen LogP contribution in [-0.2, 0) is 0 Å². The first-order valence-electron chi connectivity index (χ1n) is 3.95. The molecule has 0 aliphatic rings. The summed E-state index contributed by atoms with van der Waals surface area (Å²) in [5.74, 6) is 0.833. The summed E-state index contributed by atoms with van der Waals surface area (Å²) in [6.07, 6.45) is 0. The normalized spacial score (nSPS) is 10.6. The molecule has 0 fully saturated rings. The van der Waals surface area contributed by atoms with Gasteiger partial charge in [0.1, 0.15) is 4.47 Å². The summed E-state index contributed by atoms with van der Waals surface area (Å²) in [5.41, 5.74) is 6.30. The summed E-state index contributed by atoms with van der Waals surface area (Å²) >= 11 is 12.7. The predicted octanol–water partition coefficient (Wildman–Crippen LogP) is 4.10. The first-order chi connectivity index (χ1) is 7.09. The number of benzene rings is 1. The van der Waals surface area contributed by atoms with E-state index in [4.69, 9.17) is 21.9 Å². The van der Waals surface area contributed by atoms with Crippen LogP contribution in [-0.4, -0.2) is 5.16 Å². The van der Waals surface area contributed by atoms with Crippen molar-refractivity contribution in [3.8, 4) is 11.3 Å². The zero-order valence-corrected chi connectivity index (χ0v) is 11.2. The van der Waals surface area contributed by atoms with Crippen LogP contribution in [0.25, 0.3) is 11.3 Å². The fourth-order valence-electron chi connectivity index (χ4n) is 1.13. The monoisotopic (exact) mass is 350 g/mol. The van der Waals surface area contributed by atoms with Crippen LogP contribution in [0.2, 0.25) is 5.02 Å². The third-order valence-corrected chi connectivity index (χ3v) is 3.42. The third-order valence-electron chi connectivity index (χ3n) is 1.83. The van der Waals surface area contributed by atoms with Crippen molar-refractivity contribution in [2.75, 3.05) is 5.73 Å². The van der Waals surface area contributed by atoms with Crippen molar-refractivity contribution < 1.29 is 4.52 Å². The second kappa shape index (κ2) is 4.15. The first kappa shape index (κ1) is 11.0. The van der Waals surface area contributed by atoms with Crippen LogP contribution in [0.3, 0.4) is 0 Å². The van der Waals surface area contributed by atoms with Crippen LogP contribution in [0.1, 0.15) is 0 Å². The maximum Gasteiger partial charge on any atom is 0.184 e. The highest BCUT2D eigenvalue weighted by molar-refractivity contribution is 9.11. The first-order valence-corrected chi connectivity index (χ1v) is 5.92. The zero-order chi connectivity index (χ0) is 11.0. The number of nitrogens with two attached hydrogens (primary N) is 1. The van der Waals surface area contributed by atoms with Gasteiger partial charge >= 0.3 is 0 Å². The van der Waals surface area contributed by atoms with Crippen molar-refractivity contribution in [2.24, 2.45) is 0 Å². The molecule has 0 atom stereocenters. The van der Waals surface area contributed by atoms with Crippen molar-refractivity contribution in [1.82, 2.24) is 5.16 Å². The summed E-state index contributed by atoms with van der Waals surface area (Å²) in [6, 6.07) is 5.46. The van der Waals surface area contributed by atoms with Crippen molar-refractivity contribution in [3.63, 3.8) is 0 Å². The Labute approximate surface area is 108 Å². The quantitative estimate of drug-likeness (QED) is 0.841. The minimum atomic E-state index is 0.307. The molecule has 15 heavy (non-hydrogen) atoms. The molecule has 0 aliphatic carbocycles. The minimum Gasteiger partial charge on any atom is -0.380 e. The average Bonchev–Trinajstić information content (AvgIpc) is 2.52. The Kier molecular flexibility index (Phi) is 3.04. The molecule has 0 saturated heterocycles. The lowest BCUT2D eigenvalue weighted by molar-refractivity contribution is 0.435. The molecule has 78 valence electrons. The van der Waals surface area contributed by atoms with Crippen molar-refractivity contribution in [1.29, 1.82) is 0 Å². The Morgan fingerprint density at radius 3 is 2.67 bits per heavy atom. The Balaban J connectivity index is 2.63. The largest absolute Gasteiger partial charge is 0.380 e. The number of halogens is 3. The van der Waals surface area contributed by atoms with Crippen LogP contribution in [0, 0.1) is 0 Å². The van der Waals surface area contributed by atoms with E-state index >= 15 is 0 Å². The van der Waals surface area contributed by atoms with E-state index < -0.39 is 0 Å². The number of nitrogen functional groups attached to an aromatic ring is 1. The van der Waals surface area contributed by atoms with Crippen LogP contribution in [0.15, 0.2) is 31.7 Å². The summed E-state index contributed by atoms with van der Waals surface area (Å²) in [7, 11) is 0. The standard InChI is InChI=1S/C9H5Br2ClN2O/c10-4-1-2-6(12)5(3-4)8-7(11)9(13)14-15-8/h1-3H,(H2,13,14). The van der Waals surface area contributed by atoms with E-state index in [1.165, 1.54) is 0 Å². The Morgan fingerprint density at radius 2 is 2.07 bits per heavy atom. The molecule has 0 amide bonds. The Bertz CT molecular complexity index is 513. The molecule has 3 nitrogen and oxygen atoms in total. The van der Waals surface area contributed by atoms with E-state index in [0.717, 1.165) is 10.0 Å². The topological polar surface area (TPSA) is 52.0 Å².